The molecule has 6 aromatic rings. The van der Waals surface area contributed by atoms with Crippen molar-refractivity contribution in [2.24, 2.45) is 0 Å². The van der Waals surface area contributed by atoms with Gasteiger partial charge in [-0.2, -0.15) is 0 Å². The molecule has 0 saturated carbocycles. The van der Waals surface area contributed by atoms with Gasteiger partial charge in [0.15, 0.2) is 0 Å². The largest absolute Gasteiger partial charge is 0.353 e. The minimum absolute atomic E-state index is 0.890. The number of unbranched alkanes of at least 4 members (excludes halogenated alkanes) is 4. The summed E-state index contributed by atoms with van der Waals surface area (Å²) >= 11 is 0. The number of nitrogens with one attached hydrogen (secondary N) is 2. The Morgan fingerprint density at radius 3 is 1.10 bits per heavy atom. The second kappa shape index (κ2) is 16.1. The lowest BCUT2D eigenvalue weighted by atomic mass is 10.0. The van der Waals surface area contributed by atoms with Crippen molar-refractivity contribution < 1.29 is 0 Å². The number of aromatic nitrogens is 2. The average molecular weight is 637 g/mol. The van der Waals surface area contributed by atoms with Crippen molar-refractivity contribution in [3.05, 3.63) is 107 Å². The second-order valence-electron chi connectivity index (χ2n) is 13.4. The molecule has 0 aliphatic rings. The molecule has 48 heavy (non-hydrogen) atoms. The van der Waals surface area contributed by atoms with Crippen LogP contribution in [-0.4, -0.2) is 9.97 Å². The molecule has 0 radical (unpaired) electrons. The number of anilines is 4. The molecule has 4 heteroatoms. The van der Waals surface area contributed by atoms with Crippen LogP contribution in [0.4, 0.5) is 22.7 Å². The van der Waals surface area contributed by atoms with Gasteiger partial charge in [0.2, 0.25) is 0 Å². The summed E-state index contributed by atoms with van der Waals surface area (Å²) in [6, 6.07) is 31.5. The Morgan fingerprint density at radius 2 is 0.750 bits per heavy atom. The fraction of sp³-hybridized carbons (Fsp3) is 0.364. The van der Waals surface area contributed by atoms with E-state index < -0.39 is 0 Å². The van der Waals surface area contributed by atoms with Crippen LogP contribution in [0.1, 0.15) is 101 Å². The van der Waals surface area contributed by atoms with Gasteiger partial charge >= 0.3 is 0 Å². The normalized spacial score (nSPS) is 11.5. The molecule has 0 saturated heterocycles. The highest BCUT2D eigenvalue weighted by molar-refractivity contribution is 6.16. The zero-order chi connectivity index (χ0) is 33.3. The molecule has 4 aromatic carbocycles. The van der Waals surface area contributed by atoms with Crippen LogP contribution in [0.2, 0.25) is 0 Å². The Morgan fingerprint density at radius 1 is 0.417 bits per heavy atom. The molecule has 0 bridgehead atoms. The van der Waals surface area contributed by atoms with Crippen LogP contribution in [0, 0.1) is 0 Å². The summed E-state index contributed by atoms with van der Waals surface area (Å²) in [5.41, 5.74) is 13.3. The van der Waals surface area contributed by atoms with Gasteiger partial charge in [-0.1, -0.05) is 89.8 Å². The van der Waals surface area contributed by atoms with Gasteiger partial charge in [0.05, 0.1) is 22.4 Å². The highest BCUT2D eigenvalue weighted by Crippen LogP contribution is 2.40. The zero-order valence-electron chi connectivity index (χ0n) is 29.5. The highest BCUT2D eigenvalue weighted by atomic mass is 15.0. The summed E-state index contributed by atoms with van der Waals surface area (Å²) in [5, 5.41) is 9.93. The number of benzene rings is 4. The van der Waals surface area contributed by atoms with Crippen LogP contribution in [0.5, 0.6) is 0 Å². The van der Waals surface area contributed by atoms with Crippen molar-refractivity contribution >= 4 is 55.6 Å². The first-order valence-electron chi connectivity index (χ1n) is 18.5. The Hall–Kier alpha value is -4.44. The Bertz CT molecular complexity index is 1810. The molecule has 0 spiro atoms. The van der Waals surface area contributed by atoms with Crippen LogP contribution in [0.15, 0.2) is 84.9 Å². The molecule has 248 valence electrons. The molecule has 6 rings (SSSR count). The fourth-order valence-corrected chi connectivity index (χ4v) is 6.60. The van der Waals surface area contributed by atoms with E-state index in [4.69, 9.17) is 9.97 Å². The number of pyridine rings is 2. The van der Waals surface area contributed by atoms with Gasteiger partial charge < -0.3 is 10.6 Å². The molecule has 4 nitrogen and oxygen atoms in total. The van der Waals surface area contributed by atoms with E-state index in [2.05, 4.69) is 123 Å². The van der Waals surface area contributed by atoms with E-state index in [1.807, 2.05) is 0 Å². The summed E-state index contributed by atoms with van der Waals surface area (Å²) < 4.78 is 0. The summed E-state index contributed by atoms with van der Waals surface area (Å²) in [6.45, 7) is 9.00. The maximum absolute atomic E-state index is 5.38. The minimum Gasteiger partial charge on any atom is -0.353 e. The number of hydrogen-bond donors (Lipinski definition) is 2. The van der Waals surface area contributed by atoms with Crippen LogP contribution < -0.4 is 10.6 Å². The van der Waals surface area contributed by atoms with Crippen LogP contribution >= 0.6 is 0 Å². The first-order valence-corrected chi connectivity index (χ1v) is 18.5. The Balaban J connectivity index is 1.55. The van der Waals surface area contributed by atoms with Gasteiger partial charge in [-0.15, -0.1) is 0 Å². The van der Waals surface area contributed by atoms with Crippen molar-refractivity contribution in [2.75, 3.05) is 10.6 Å². The third kappa shape index (κ3) is 7.81. The van der Waals surface area contributed by atoms with E-state index >= 15 is 0 Å². The average Bonchev–Trinajstić information content (AvgIpc) is 3.12. The number of aryl methyl sites for hydroxylation is 4. The first-order chi connectivity index (χ1) is 23.6. The monoisotopic (exact) mass is 636 g/mol. The molecule has 0 aliphatic heterocycles. The molecular weight excluding hydrogens is 585 g/mol. The van der Waals surface area contributed by atoms with Crippen LogP contribution in [0.3, 0.4) is 0 Å². The quantitative estimate of drug-likeness (QED) is 0.104. The van der Waals surface area contributed by atoms with E-state index in [1.54, 1.807) is 0 Å². The maximum atomic E-state index is 5.38. The number of hydrogen-bond acceptors (Lipinski definition) is 4. The molecular formula is C44H52N4. The van der Waals surface area contributed by atoms with E-state index in [0.717, 1.165) is 81.3 Å². The van der Waals surface area contributed by atoms with Crippen molar-refractivity contribution in [1.82, 2.24) is 9.97 Å². The smallest absolute Gasteiger partial charge is 0.116 e. The van der Waals surface area contributed by atoms with Crippen LogP contribution in [-0.2, 0) is 25.7 Å². The predicted molar refractivity (Wildman–Crippen MR) is 208 cm³/mol. The van der Waals surface area contributed by atoms with Gasteiger partial charge in [-0.3, -0.25) is 0 Å². The number of rotatable bonds is 16. The lowest BCUT2D eigenvalue weighted by Crippen LogP contribution is -2.02. The van der Waals surface area contributed by atoms with E-state index in [0.29, 0.717) is 0 Å². The van der Waals surface area contributed by atoms with Crippen molar-refractivity contribution in [2.45, 2.75) is 105 Å². The zero-order valence-corrected chi connectivity index (χ0v) is 29.5. The number of fused-ring (bicyclic) bond motifs is 3. The fourth-order valence-electron chi connectivity index (χ4n) is 6.60. The lowest BCUT2D eigenvalue weighted by molar-refractivity contribution is 0.795. The van der Waals surface area contributed by atoms with Crippen molar-refractivity contribution in [1.29, 1.82) is 0 Å². The second-order valence-corrected chi connectivity index (χ2v) is 13.4. The summed E-state index contributed by atoms with van der Waals surface area (Å²) in [4.78, 5) is 10.8. The Kier molecular flexibility index (Phi) is 11.2. The van der Waals surface area contributed by atoms with Gasteiger partial charge in [0.25, 0.3) is 0 Å². The van der Waals surface area contributed by atoms with Gasteiger partial charge in [-0.05, 0) is 122 Å². The van der Waals surface area contributed by atoms with E-state index in [-0.39, 0.29) is 0 Å². The molecule has 2 heterocycles. The summed E-state index contributed by atoms with van der Waals surface area (Å²) in [6.07, 6.45) is 13.9. The van der Waals surface area contributed by atoms with Crippen molar-refractivity contribution in [3.8, 4) is 0 Å². The minimum atomic E-state index is 0.890. The van der Waals surface area contributed by atoms with Crippen molar-refractivity contribution in [3.63, 3.8) is 0 Å². The molecule has 0 unspecified atom stereocenters. The molecule has 2 aromatic heterocycles. The topological polar surface area (TPSA) is 49.8 Å². The van der Waals surface area contributed by atoms with Crippen LogP contribution in [0.25, 0.3) is 32.8 Å². The van der Waals surface area contributed by atoms with E-state index in [1.165, 1.54) is 73.6 Å². The molecule has 0 fully saturated rings. The summed E-state index contributed by atoms with van der Waals surface area (Å²) in [5.74, 6) is 0. The molecule has 0 aliphatic carbocycles. The lowest BCUT2D eigenvalue weighted by Gasteiger charge is -2.19. The third-order valence-electron chi connectivity index (χ3n) is 9.55. The maximum Gasteiger partial charge on any atom is 0.116 e. The first kappa shape index (κ1) is 33.5. The predicted octanol–water partition coefficient (Wildman–Crippen LogP) is 12.8. The highest BCUT2D eigenvalue weighted by Gasteiger charge is 2.19. The molecule has 0 atom stereocenters. The summed E-state index contributed by atoms with van der Waals surface area (Å²) in [7, 11) is 0. The van der Waals surface area contributed by atoms with Gasteiger partial charge in [0.1, 0.15) is 11.0 Å². The van der Waals surface area contributed by atoms with Gasteiger partial charge in [0, 0.05) is 22.1 Å². The van der Waals surface area contributed by atoms with E-state index in [9.17, 15) is 0 Å². The number of nitrogens with zero attached hydrogens (tertiary/aromatic N) is 2. The standard InChI is InChI=1S/C44H52N4/c1-5-9-13-31-17-23-35(24-18-31)45-41-37-29-33(15-11-7-3)21-27-39(37)48-44-42(46-36-25-19-32(20-26-36)14-10-6-2)38-30-34(16-12-8-4)22-28-40(38)47-43(41)44/h17-30H,5-16H2,1-4H3,(H,45,48)(H,46,47). The third-order valence-corrected chi connectivity index (χ3v) is 9.55. The Labute approximate surface area is 287 Å². The molecule has 0 amide bonds. The van der Waals surface area contributed by atoms with Gasteiger partial charge in [-0.25, -0.2) is 9.97 Å². The molecule has 2 N–H and O–H groups in total. The SMILES string of the molecule is CCCCc1ccc(Nc2c3cc(CCCC)ccc3nc3c(Nc4ccc(CCCC)cc4)c4cc(CCCC)ccc4nc23)cc1.